The van der Waals surface area contributed by atoms with Crippen LogP contribution in [0, 0.1) is 0 Å². The number of benzene rings is 1. The van der Waals surface area contributed by atoms with E-state index in [1.807, 2.05) is 0 Å². The van der Waals surface area contributed by atoms with E-state index < -0.39 is 16.0 Å². The summed E-state index contributed by atoms with van der Waals surface area (Å²) in [5.41, 5.74) is 0.0192. The second kappa shape index (κ2) is 5.43. The van der Waals surface area contributed by atoms with Gasteiger partial charge in [-0.1, -0.05) is 23.7 Å². The molecule has 1 heterocycles. The van der Waals surface area contributed by atoms with Crippen LogP contribution in [0.3, 0.4) is 0 Å². The van der Waals surface area contributed by atoms with E-state index in [4.69, 9.17) is 16.7 Å². The molecule has 0 radical (unpaired) electrons. The summed E-state index contributed by atoms with van der Waals surface area (Å²) in [5, 5.41) is 9.11. The molecule has 0 fully saturated rings. The van der Waals surface area contributed by atoms with Gasteiger partial charge in [0.15, 0.2) is 0 Å². The highest BCUT2D eigenvalue weighted by Crippen LogP contribution is 2.31. The summed E-state index contributed by atoms with van der Waals surface area (Å²) in [5.74, 6) is -1.19. The molecule has 2 aromatic rings. The minimum Gasteiger partial charge on any atom is -0.478 e. The maximum Gasteiger partial charge on any atom is 0.337 e. The Balaban J connectivity index is 2.51. The molecule has 106 valence electrons. The van der Waals surface area contributed by atoms with Crippen molar-refractivity contribution in [3.63, 3.8) is 0 Å². The van der Waals surface area contributed by atoms with Gasteiger partial charge in [-0.2, -0.15) is 0 Å². The van der Waals surface area contributed by atoms with Crippen molar-refractivity contribution >= 4 is 44.6 Å². The number of hydrogen-bond acceptors (Lipinski definition) is 4. The Labute approximate surface area is 125 Å². The number of anilines is 1. The molecule has 0 saturated heterocycles. The normalized spacial score (nSPS) is 11.3. The predicted octanol–water partition coefficient (Wildman–Crippen LogP) is 2.92. The number of aromatic carboxylic acids is 1. The third-order valence-corrected chi connectivity index (χ3v) is 6.11. The Hall–Kier alpha value is -1.57. The fraction of sp³-hybridized carbons (Fsp3) is 0.0833. The van der Waals surface area contributed by atoms with Gasteiger partial charge in [-0.25, -0.2) is 13.2 Å². The average molecular weight is 332 g/mol. The maximum absolute atomic E-state index is 12.4. The van der Waals surface area contributed by atoms with Crippen molar-refractivity contribution in [3.8, 4) is 0 Å². The molecule has 1 aromatic carbocycles. The van der Waals surface area contributed by atoms with Crippen LogP contribution in [0.2, 0.25) is 4.34 Å². The molecule has 0 aliphatic rings. The maximum atomic E-state index is 12.4. The lowest BCUT2D eigenvalue weighted by atomic mass is 10.2. The smallest absolute Gasteiger partial charge is 0.337 e. The number of carboxylic acids is 1. The minimum absolute atomic E-state index is 0.0604. The summed E-state index contributed by atoms with van der Waals surface area (Å²) in [4.78, 5) is 11.2. The molecule has 0 bridgehead atoms. The molecule has 2 rings (SSSR count). The van der Waals surface area contributed by atoms with Gasteiger partial charge >= 0.3 is 5.97 Å². The lowest BCUT2D eigenvalue weighted by Gasteiger charge is -2.20. The van der Waals surface area contributed by atoms with Crippen molar-refractivity contribution in [1.29, 1.82) is 0 Å². The van der Waals surface area contributed by atoms with Crippen molar-refractivity contribution in [2.75, 3.05) is 11.4 Å². The molecule has 5 nitrogen and oxygen atoms in total. The Morgan fingerprint density at radius 2 is 1.90 bits per heavy atom. The quantitative estimate of drug-likeness (QED) is 0.934. The van der Waals surface area contributed by atoms with E-state index in [0.29, 0.717) is 4.34 Å². The van der Waals surface area contributed by atoms with Crippen LogP contribution in [-0.2, 0) is 10.0 Å². The zero-order valence-corrected chi connectivity index (χ0v) is 12.7. The second-order valence-electron chi connectivity index (χ2n) is 3.85. The summed E-state index contributed by atoms with van der Waals surface area (Å²) in [6.45, 7) is 0. The number of halogens is 1. The van der Waals surface area contributed by atoms with Gasteiger partial charge in [-0.15, -0.1) is 11.3 Å². The number of para-hydroxylation sites is 1. The first-order chi connectivity index (χ1) is 9.34. The lowest BCUT2D eigenvalue weighted by molar-refractivity contribution is 0.0698. The third-order valence-electron chi connectivity index (χ3n) is 2.64. The first kappa shape index (κ1) is 14.8. The second-order valence-corrected chi connectivity index (χ2v) is 7.76. The number of sulfonamides is 1. The summed E-state index contributed by atoms with van der Waals surface area (Å²) >= 11 is 6.66. The van der Waals surface area contributed by atoms with Crippen LogP contribution in [0.5, 0.6) is 0 Å². The number of carbonyl (C=O) groups is 1. The van der Waals surface area contributed by atoms with Crippen LogP contribution in [0.15, 0.2) is 40.6 Å². The largest absolute Gasteiger partial charge is 0.478 e. The van der Waals surface area contributed by atoms with E-state index in [1.54, 1.807) is 6.07 Å². The van der Waals surface area contributed by atoms with Crippen LogP contribution in [0.4, 0.5) is 5.69 Å². The standard InChI is InChI=1S/C12H10ClNO4S2/c1-14(9-5-3-2-4-8(9)12(15)16)20(17,18)11-7-6-10(13)19-11/h2-7H,1H3,(H,15,16). The average Bonchev–Trinajstić information content (AvgIpc) is 2.85. The van der Waals surface area contributed by atoms with Gasteiger partial charge in [0.1, 0.15) is 4.21 Å². The van der Waals surface area contributed by atoms with E-state index in [-0.39, 0.29) is 15.5 Å². The molecule has 0 aliphatic carbocycles. The van der Waals surface area contributed by atoms with Gasteiger partial charge in [0.25, 0.3) is 10.0 Å². The highest BCUT2D eigenvalue weighted by molar-refractivity contribution is 7.94. The van der Waals surface area contributed by atoms with E-state index in [9.17, 15) is 13.2 Å². The van der Waals surface area contributed by atoms with Gasteiger partial charge in [0.2, 0.25) is 0 Å². The van der Waals surface area contributed by atoms with E-state index in [0.717, 1.165) is 15.6 Å². The summed E-state index contributed by atoms with van der Waals surface area (Å²) in [6.07, 6.45) is 0. The highest BCUT2D eigenvalue weighted by atomic mass is 35.5. The van der Waals surface area contributed by atoms with Crippen LogP contribution in [0.25, 0.3) is 0 Å². The van der Waals surface area contributed by atoms with Crippen LogP contribution in [0.1, 0.15) is 10.4 Å². The van der Waals surface area contributed by atoms with Gasteiger partial charge in [0.05, 0.1) is 15.6 Å². The topological polar surface area (TPSA) is 74.7 Å². The first-order valence-electron chi connectivity index (χ1n) is 5.40. The molecule has 0 amide bonds. The number of rotatable bonds is 4. The Morgan fingerprint density at radius 3 is 2.45 bits per heavy atom. The van der Waals surface area contributed by atoms with Crippen molar-refractivity contribution in [2.45, 2.75) is 4.21 Å². The van der Waals surface area contributed by atoms with Crippen molar-refractivity contribution in [3.05, 3.63) is 46.3 Å². The predicted molar refractivity (Wildman–Crippen MR) is 78.3 cm³/mol. The zero-order valence-electron chi connectivity index (χ0n) is 10.3. The van der Waals surface area contributed by atoms with Crippen LogP contribution >= 0.6 is 22.9 Å². The lowest BCUT2D eigenvalue weighted by Crippen LogP contribution is -2.27. The van der Waals surface area contributed by atoms with Gasteiger partial charge in [-0.3, -0.25) is 4.31 Å². The van der Waals surface area contributed by atoms with E-state index >= 15 is 0 Å². The first-order valence-corrected chi connectivity index (χ1v) is 8.04. The molecule has 1 aromatic heterocycles. The third kappa shape index (κ3) is 2.65. The minimum atomic E-state index is -3.82. The molecular weight excluding hydrogens is 322 g/mol. The monoisotopic (exact) mass is 331 g/mol. The molecule has 1 N–H and O–H groups in total. The number of hydrogen-bond donors (Lipinski definition) is 1. The van der Waals surface area contributed by atoms with Crippen LogP contribution in [-0.4, -0.2) is 26.5 Å². The van der Waals surface area contributed by atoms with Gasteiger partial charge < -0.3 is 5.11 Å². The fourth-order valence-corrected chi connectivity index (χ4v) is 4.50. The Kier molecular flexibility index (Phi) is 4.03. The SMILES string of the molecule is CN(c1ccccc1C(=O)O)S(=O)(=O)c1ccc(Cl)s1. The molecule has 0 unspecified atom stereocenters. The van der Waals surface area contributed by atoms with Crippen molar-refractivity contribution in [1.82, 2.24) is 0 Å². The fourth-order valence-electron chi connectivity index (χ4n) is 1.63. The Morgan fingerprint density at radius 1 is 1.25 bits per heavy atom. The molecule has 0 saturated carbocycles. The van der Waals surface area contributed by atoms with E-state index in [1.165, 1.54) is 37.4 Å². The number of nitrogens with zero attached hydrogens (tertiary/aromatic N) is 1. The number of carboxylic acid groups (broad SMARTS) is 1. The summed E-state index contributed by atoms with van der Waals surface area (Å²) < 4.78 is 26.2. The molecule has 20 heavy (non-hydrogen) atoms. The van der Waals surface area contributed by atoms with Gasteiger partial charge in [-0.05, 0) is 24.3 Å². The zero-order chi connectivity index (χ0) is 14.9. The molecule has 0 aliphatic heterocycles. The summed E-state index contributed by atoms with van der Waals surface area (Å²) in [7, 11) is -2.51. The van der Waals surface area contributed by atoms with Crippen LogP contribution < -0.4 is 4.31 Å². The molecule has 0 atom stereocenters. The summed E-state index contributed by atoms with van der Waals surface area (Å²) in [6, 6.07) is 8.78. The highest BCUT2D eigenvalue weighted by Gasteiger charge is 2.26. The van der Waals surface area contributed by atoms with E-state index in [2.05, 4.69) is 0 Å². The number of thiophene rings is 1. The molecular formula is C12H10ClNO4S2. The molecule has 8 heteroatoms. The molecule has 0 spiro atoms. The van der Waals surface area contributed by atoms with Crippen molar-refractivity contribution < 1.29 is 18.3 Å². The Bertz CT molecular complexity index is 754. The van der Waals surface area contributed by atoms with Crippen molar-refractivity contribution in [2.24, 2.45) is 0 Å². The van der Waals surface area contributed by atoms with Gasteiger partial charge in [0, 0.05) is 7.05 Å².